The molecule has 1 aromatic rings. The summed E-state index contributed by atoms with van der Waals surface area (Å²) in [5, 5.41) is 11.4. The number of hydrogen-bond acceptors (Lipinski definition) is 4. The van der Waals surface area contributed by atoms with E-state index in [1.807, 2.05) is 0 Å². The third-order valence-corrected chi connectivity index (χ3v) is 2.30. The standard InChI is InChI=1S/C11H18N4O3/c1-11(2,5-9(16)17)14-10(18)8-6-15(4-3-12)7-13-8/h6-7H,3-5,12H2,1-2H3,(H,14,18)(H,16,17). The van der Waals surface area contributed by atoms with Crippen LogP contribution in [0.3, 0.4) is 0 Å². The minimum atomic E-state index is -0.964. The Morgan fingerprint density at radius 1 is 1.56 bits per heavy atom. The summed E-state index contributed by atoms with van der Waals surface area (Å²) >= 11 is 0. The first-order valence-electron chi connectivity index (χ1n) is 5.60. The number of aromatic nitrogens is 2. The first kappa shape index (κ1) is 14.2. The number of nitrogens with two attached hydrogens (primary N) is 1. The van der Waals surface area contributed by atoms with Crippen LogP contribution < -0.4 is 11.1 Å². The molecule has 0 saturated heterocycles. The Balaban J connectivity index is 2.66. The molecule has 4 N–H and O–H groups in total. The van der Waals surface area contributed by atoms with Gasteiger partial charge < -0.3 is 20.7 Å². The van der Waals surface area contributed by atoms with Gasteiger partial charge in [0.15, 0.2) is 0 Å². The molecule has 0 aromatic carbocycles. The van der Waals surface area contributed by atoms with Gasteiger partial charge in [-0.2, -0.15) is 0 Å². The van der Waals surface area contributed by atoms with Crippen molar-refractivity contribution >= 4 is 11.9 Å². The second-order valence-corrected chi connectivity index (χ2v) is 4.69. The number of carbonyl (C=O) groups is 2. The molecule has 0 spiro atoms. The zero-order chi connectivity index (χ0) is 13.8. The zero-order valence-electron chi connectivity index (χ0n) is 10.5. The van der Waals surface area contributed by atoms with Crippen LogP contribution in [0.2, 0.25) is 0 Å². The highest BCUT2D eigenvalue weighted by atomic mass is 16.4. The molecule has 1 amide bonds. The molecular weight excluding hydrogens is 236 g/mol. The quantitative estimate of drug-likeness (QED) is 0.652. The molecule has 7 heteroatoms. The number of rotatable bonds is 6. The molecule has 1 aromatic heterocycles. The summed E-state index contributed by atoms with van der Waals surface area (Å²) in [5.41, 5.74) is 4.82. The molecule has 1 heterocycles. The van der Waals surface area contributed by atoms with E-state index in [9.17, 15) is 9.59 Å². The van der Waals surface area contributed by atoms with Gasteiger partial charge in [0.1, 0.15) is 5.69 Å². The minimum Gasteiger partial charge on any atom is -0.481 e. The number of amides is 1. The summed E-state index contributed by atoms with van der Waals surface area (Å²) in [6.45, 7) is 4.34. The Morgan fingerprint density at radius 3 is 2.78 bits per heavy atom. The first-order chi connectivity index (χ1) is 8.34. The van der Waals surface area contributed by atoms with Crippen LogP contribution in [0.1, 0.15) is 30.8 Å². The van der Waals surface area contributed by atoms with Gasteiger partial charge in [0.25, 0.3) is 5.91 Å². The van der Waals surface area contributed by atoms with Crippen molar-refractivity contribution in [3.8, 4) is 0 Å². The molecule has 100 valence electrons. The predicted molar refractivity (Wildman–Crippen MR) is 65.1 cm³/mol. The fourth-order valence-corrected chi connectivity index (χ4v) is 1.54. The lowest BCUT2D eigenvalue weighted by atomic mass is 10.0. The summed E-state index contributed by atoms with van der Waals surface area (Å²) in [7, 11) is 0. The Bertz CT molecular complexity index is 439. The number of imidazole rings is 1. The Hall–Kier alpha value is -1.89. The number of carboxylic acids is 1. The summed E-state index contributed by atoms with van der Waals surface area (Å²) < 4.78 is 1.71. The molecule has 1 rings (SSSR count). The first-order valence-corrected chi connectivity index (χ1v) is 5.60. The van der Waals surface area contributed by atoms with Gasteiger partial charge in [0.05, 0.1) is 12.7 Å². The molecule has 0 atom stereocenters. The van der Waals surface area contributed by atoms with Crippen molar-refractivity contribution < 1.29 is 14.7 Å². The van der Waals surface area contributed by atoms with Gasteiger partial charge in [-0.1, -0.05) is 0 Å². The van der Waals surface area contributed by atoms with Crippen LogP contribution in [-0.4, -0.2) is 38.6 Å². The third kappa shape index (κ3) is 4.17. The van der Waals surface area contributed by atoms with Gasteiger partial charge in [-0.3, -0.25) is 9.59 Å². The molecule has 0 saturated carbocycles. The summed E-state index contributed by atoms with van der Waals surface area (Å²) in [6.07, 6.45) is 2.95. The number of nitrogens with zero attached hydrogens (tertiary/aromatic N) is 2. The van der Waals surface area contributed by atoms with Crippen LogP contribution in [0.5, 0.6) is 0 Å². The van der Waals surface area contributed by atoms with Gasteiger partial charge >= 0.3 is 5.97 Å². The number of carbonyl (C=O) groups excluding carboxylic acids is 1. The van der Waals surface area contributed by atoms with Gasteiger partial charge in [0.2, 0.25) is 0 Å². The van der Waals surface area contributed by atoms with E-state index in [1.54, 1.807) is 24.6 Å². The zero-order valence-corrected chi connectivity index (χ0v) is 10.5. The van der Waals surface area contributed by atoms with Crippen LogP contribution in [0, 0.1) is 0 Å². The summed E-state index contributed by atoms with van der Waals surface area (Å²) in [5.74, 6) is -1.36. The summed E-state index contributed by atoms with van der Waals surface area (Å²) in [6, 6.07) is 0. The van der Waals surface area contributed by atoms with E-state index in [0.717, 1.165) is 0 Å². The molecule has 0 unspecified atom stereocenters. The highest BCUT2D eigenvalue weighted by Crippen LogP contribution is 2.09. The predicted octanol–water partition coefficient (Wildman–Crippen LogP) is -0.175. The van der Waals surface area contributed by atoms with Crippen LogP contribution in [-0.2, 0) is 11.3 Å². The average molecular weight is 254 g/mol. The molecule has 0 fully saturated rings. The van der Waals surface area contributed by atoms with Gasteiger partial charge in [0, 0.05) is 24.8 Å². The van der Waals surface area contributed by atoms with Crippen molar-refractivity contribution in [2.45, 2.75) is 32.4 Å². The van der Waals surface area contributed by atoms with Crippen molar-refractivity contribution in [3.63, 3.8) is 0 Å². The number of hydrogen-bond donors (Lipinski definition) is 3. The maximum atomic E-state index is 11.8. The van der Waals surface area contributed by atoms with Crippen LogP contribution in [0.4, 0.5) is 0 Å². The van der Waals surface area contributed by atoms with Crippen LogP contribution in [0.25, 0.3) is 0 Å². The summed E-state index contributed by atoms with van der Waals surface area (Å²) in [4.78, 5) is 26.4. The molecule has 7 nitrogen and oxygen atoms in total. The molecule has 0 aliphatic heterocycles. The van der Waals surface area contributed by atoms with E-state index in [-0.39, 0.29) is 12.1 Å². The molecule has 0 radical (unpaired) electrons. The average Bonchev–Trinajstić information content (AvgIpc) is 2.63. The van der Waals surface area contributed by atoms with E-state index in [2.05, 4.69) is 10.3 Å². The van der Waals surface area contributed by atoms with Crippen molar-refractivity contribution in [2.24, 2.45) is 5.73 Å². The van der Waals surface area contributed by atoms with E-state index in [0.29, 0.717) is 13.1 Å². The van der Waals surface area contributed by atoms with E-state index >= 15 is 0 Å². The van der Waals surface area contributed by atoms with Crippen molar-refractivity contribution in [3.05, 3.63) is 18.2 Å². The van der Waals surface area contributed by atoms with E-state index in [4.69, 9.17) is 10.8 Å². The van der Waals surface area contributed by atoms with Crippen molar-refractivity contribution in [2.75, 3.05) is 6.54 Å². The van der Waals surface area contributed by atoms with Gasteiger partial charge in [-0.15, -0.1) is 0 Å². The molecule has 0 aliphatic rings. The van der Waals surface area contributed by atoms with Crippen molar-refractivity contribution in [1.82, 2.24) is 14.9 Å². The molecular formula is C11H18N4O3. The Labute approximate surface area is 105 Å². The largest absolute Gasteiger partial charge is 0.481 e. The normalized spacial score (nSPS) is 11.3. The second kappa shape index (κ2) is 5.63. The molecule has 0 bridgehead atoms. The number of carboxylic acid groups (broad SMARTS) is 1. The maximum absolute atomic E-state index is 11.8. The van der Waals surface area contributed by atoms with E-state index < -0.39 is 17.4 Å². The topological polar surface area (TPSA) is 110 Å². The second-order valence-electron chi connectivity index (χ2n) is 4.69. The third-order valence-electron chi connectivity index (χ3n) is 2.30. The van der Waals surface area contributed by atoms with Crippen molar-refractivity contribution in [1.29, 1.82) is 0 Å². The minimum absolute atomic E-state index is 0.151. The molecule has 18 heavy (non-hydrogen) atoms. The monoisotopic (exact) mass is 254 g/mol. The SMILES string of the molecule is CC(C)(CC(=O)O)NC(=O)c1cn(CCN)cn1. The van der Waals surface area contributed by atoms with E-state index in [1.165, 1.54) is 6.33 Å². The van der Waals surface area contributed by atoms with Crippen LogP contribution >= 0.6 is 0 Å². The maximum Gasteiger partial charge on any atom is 0.305 e. The van der Waals surface area contributed by atoms with Gasteiger partial charge in [-0.05, 0) is 13.8 Å². The lowest BCUT2D eigenvalue weighted by molar-refractivity contribution is -0.138. The Morgan fingerprint density at radius 2 is 2.22 bits per heavy atom. The highest BCUT2D eigenvalue weighted by molar-refractivity contribution is 5.92. The Kier molecular flexibility index (Phi) is 4.43. The fourth-order valence-electron chi connectivity index (χ4n) is 1.54. The van der Waals surface area contributed by atoms with Crippen LogP contribution in [0.15, 0.2) is 12.5 Å². The fraction of sp³-hybridized carbons (Fsp3) is 0.545. The lowest BCUT2D eigenvalue weighted by Crippen LogP contribution is -2.45. The highest BCUT2D eigenvalue weighted by Gasteiger charge is 2.25. The number of nitrogens with one attached hydrogen (secondary N) is 1. The lowest BCUT2D eigenvalue weighted by Gasteiger charge is -2.23. The number of aliphatic carboxylic acids is 1. The van der Waals surface area contributed by atoms with Gasteiger partial charge in [-0.25, -0.2) is 4.98 Å². The molecule has 0 aliphatic carbocycles. The smallest absolute Gasteiger partial charge is 0.305 e.